The molecule has 0 spiro atoms. The first-order chi connectivity index (χ1) is 17.6. The second-order valence-electron chi connectivity index (χ2n) is 8.92. The molecule has 0 aliphatic heterocycles. The zero-order chi connectivity index (χ0) is 27.8. The first kappa shape index (κ1) is 36.4. The highest BCUT2D eigenvalue weighted by Crippen LogP contribution is 2.28. The van der Waals surface area contributed by atoms with Gasteiger partial charge in [0.15, 0.2) is 0 Å². The normalized spacial score (nSPS) is 21.6. The number of allylic oxidation sites excluding steroid dienone is 4. The van der Waals surface area contributed by atoms with E-state index < -0.39 is 0 Å². The molecule has 0 aromatic carbocycles. The Hall–Kier alpha value is -1.74. The number of aliphatic hydroxyl groups is 1. The zero-order valence-corrected chi connectivity index (χ0v) is 25.0. The van der Waals surface area contributed by atoms with E-state index >= 15 is 0 Å². The third kappa shape index (κ3) is 15.4. The molecule has 2 rings (SSSR count). The highest BCUT2D eigenvalue weighted by molar-refractivity contribution is 5.26. The van der Waals surface area contributed by atoms with Crippen LogP contribution >= 0.6 is 0 Å². The van der Waals surface area contributed by atoms with Gasteiger partial charge in [0.25, 0.3) is 0 Å². The van der Waals surface area contributed by atoms with E-state index in [0.29, 0.717) is 24.4 Å². The van der Waals surface area contributed by atoms with Crippen molar-refractivity contribution in [1.29, 1.82) is 0 Å². The topological polar surface area (TPSA) is 68.0 Å². The molecule has 0 saturated carbocycles. The molecule has 210 valence electrons. The largest absolute Gasteiger partial charge is 0.501 e. The van der Waals surface area contributed by atoms with Gasteiger partial charge in [0.1, 0.15) is 5.76 Å². The summed E-state index contributed by atoms with van der Waals surface area (Å²) in [6.07, 6.45) is 15.1. The minimum Gasteiger partial charge on any atom is -0.501 e. The van der Waals surface area contributed by atoms with Crippen LogP contribution in [0.25, 0.3) is 0 Å². The summed E-state index contributed by atoms with van der Waals surface area (Å²) >= 11 is 0. The Morgan fingerprint density at radius 1 is 1.08 bits per heavy atom. The minimum atomic E-state index is 0.469. The fourth-order valence-electron chi connectivity index (χ4n) is 4.37. The van der Waals surface area contributed by atoms with E-state index in [-0.39, 0.29) is 0 Å². The second-order valence-corrected chi connectivity index (χ2v) is 8.92. The van der Waals surface area contributed by atoms with Crippen LogP contribution in [0.15, 0.2) is 35.3 Å². The van der Waals surface area contributed by atoms with Crippen LogP contribution in [-0.4, -0.2) is 57.0 Å². The van der Waals surface area contributed by atoms with E-state index in [1.165, 1.54) is 18.4 Å². The smallest absolute Gasteiger partial charge is 0.122 e. The maximum absolute atomic E-state index is 7.00. The van der Waals surface area contributed by atoms with Gasteiger partial charge in [0, 0.05) is 51.6 Å². The van der Waals surface area contributed by atoms with Crippen molar-refractivity contribution in [2.75, 3.05) is 41.0 Å². The van der Waals surface area contributed by atoms with Gasteiger partial charge in [-0.25, -0.2) is 0 Å². The predicted molar refractivity (Wildman–Crippen MR) is 157 cm³/mol. The average molecular weight is 507 g/mol. The maximum Gasteiger partial charge on any atom is 0.122 e. The van der Waals surface area contributed by atoms with Gasteiger partial charge in [0.2, 0.25) is 0 Å². The van der Waals surface area contributed by atoms with E-state index in [2.05, 4.69) is 48.8 Å². The molecule has 2 aliphatic rings. The molecule has 3 atom stereocenters. The van der Waals surface area contributed by atoms with Gasteiger partial charge in [-0.1, -0.05) is 59.6 Å². The van der Waals surface area contributed by atoms with Gasteiger partial charge in [0.05, 0.1) is 20.0 Å². The molecule has 0 heterocycles. The summed E-state index contributed by atoms with van der Waals surface area (Å²) in [6, 6.07) is 0.526. The van der Waals surface area contributed by atoms with E-state index in [9.17, 15) is 0 Å². The lowest BCUT2D eigenvalue weighted by molar-refractivity contribution is 0.152. The van der Waals surface area contributed by atoms with Gasteiger partial charge >= 0.3 is 0 Å². The standard InChI is InChI=1S/C26H42N2O2.2C2H6.CH4O/c1-21-12-9-7-5-6-8-10-14-24(16-21)28(19-22(2)18-27)20-23-13-11-15-25(29-3)17-26(23)30-4;3*1-2/h6,8,17,21-22,24H,5,10-16,18-20,27H2,1-4H3;2*1-2H3;2H,1H3/b8-6-;;;. The lowest BCUT2D eigenvalue weighted by atomic mass is 9.93. The first-order valence-electron chi connectivity index (χ1n) is 14.1. The molecule has 0 amide bonds. The van der Waals surface area contributed by atoms with Gasteiger partial charge in [-0.3, -0.25) is 4.90 Å². The quantitative estimate of drug-likeness (QED) is 0.284. The number of hydrogen-bond donors (Lipinski definition) is 2. The van der Waals surface area contributed by atoms with E-state index in [1.54, 1.807) is 14.2 Å². The van der Waals surface area contributed by atoms with Gasteiger partial charge in [-0.15, -0.1) is 5.92 Å². The average Bonchev–Trinajstić information content (AvgIpc) is 3.15. The number of aliphatic hydroxyl groups excluding tert-OH is 1. The molecular formula is C31H58N2O3. The van der Waals surface area contributed by atoms with Gasteiger partial charge < -0.3 is 20.3 Å². The first-order valence-corrected chi connectivity index (χ1v) is 14.1. The number of ether oxygens (including phenoxy) is 2. The number of hydrogen-bond acceptors (Lipinski definition) is 5. The predicted octanol–water partition coefficient (Wildman–Crippen LogP) is 6.69. The molecule has 3 unspecified atom stereocenters. The van der Waals surface area contributed by atoms with Crippen molar-refractivity contribution in [1.82, 2.24) is 4.90 Å². The number of rotatable bonds is 8. The molecular weight excluding hydrogens is 448 g/mol. The molecule has 36 heavy (non-hydrogen) atoms. The lowest BCUT2D eigenvalue weighted by Gasteiger charge is -2.36. The van der Waals surface area contributed by atoms with Crippen LogP contribution in [-0.2, 0) is 9.47 Å². The van der Waals surface area contributed by atoms with Gasteiger partial charge in [-0.2, -0.15) is 0 Å². The maximum atomic E-state index is 7.00. The minimum absolute atomic E-state index is 0.469. The van der Waals surface area contributed by atoms with Crippen molar-refractivity contribution in [3.05, 3.63) is 35.3 Å². The summed E-state index contributed by atoms with van der Waals surface area (Å²) in [7, 11) is 4.52. The van der Waals surface area contributed by atoms with Crippen LogP contribution in [0.3, 0.4) is 0 Å². The molecule has 5 heteroatoms. The molecule has 3 N–H and O–H groups in total. The van der Waals surface area contributed by atoms with E-state index in [4.69, 9.17) is 20.3 Å². The monoisotopic (exact) mass is 506 g/mol. The van der Waals surface area contributed by atoms with Crippen molar-refractivity contribution in [3.8, 4) is 11.8 Å². The van der Waals surface area contributed by atoms with Crippen molar-refractivity contribution in [2.24, 2.45) is 17.6 Å². The highest BCUT2D eigenvalue weighted by atomic mass is 16.5. The molecule has 0 aromatic heterocycles. The molecule has 0 aromatic rings. The zero-order valence-electron chi connectivity index (χ0n) is 25.0. The summed E-state index contributed by atoms with van der Waals surface area (Å²) < 4.78 is 11.3. The van der Waals surface area contributed by atoms with E-state index in [1.807, 2.05) is 27.7 Å². The molecule has 0 bridgehead atoms. The third-order valence-electron chi connectivity index (χ3n) is 6.19. The Morgan fingerprint density at radius 2 is 1.78 bits per heavy atom. The molecule has 0 radical (unpaired) electrons. The van der Waals surface area contributed by atoms with Crippen LogP contribution in [0.2, 0.25) is 0 Å². The number of nitrogens with zero attached hydrogens (tertiary/aromatic N) is 1. The van der Waals surface area contributed by atoms with Crippen molar-refractivity contribution >= 4 is 0 Å². The molecule has 0 saturated heterocycles. The fourth-order valence-corrected chi connectivity index (χ4v) is 4.37. The summed E-state index contributed by atoms with van der Waals surface area (Å²) in [4.78, 5) is 2.67. The third-order valence-corrected chi connectivity index (χ3v) is 6.19. The Morgan fingerprint density at radius 3 is 2.39 bits per heavy atom. The van der Waals surface area contributed by atoms with Crippen LogP contribution in [0.1, 0.15) is 92.9 Å². The van der Waals surface area contributed by atoms with Crippen LogP contribution in [0, 0.1) is 23.7 Å². The number of nitrogens with two attached hydrogens (primary N) is 1. The SMILES string of the molecule is CC.CC.CO.COC1=CC(OC)=C(CN(CC(C)CN)C2CC/C=C\CC#CCC(C)C2)CCC1. The molecule has 2 aliphatic carbocycles. The van der Waals surface area contributed by atoms with Crippen molar-refractivity contribution < 1.29 is 14.6 Å². The van der Waals surface area contributed by atoms with Crippen LogP contribution in [0.4, 0.5) is 0 Å². The summed E-state index contributed by atoms with van der Waals surface area (Å²) in [5, 5.41) is 7.00. The Kier molecular flexibility index (Phi) is 25.2. The van der Waals surface area contributed by atoms with Crippen LogP contribution < -0.4 is 5.73 Å². The molecule has 0 fully saturated rings. The number of methoxy groups -OCH3 is 2. The Bertz CT molecular complexity index is 673. The summed E-state index contributed by atoms with van der Waals surface area (Å²) in [5.74, 6) is 9.71. The van der Waals surface area contributed by atoms with Crippen LogP contribution in [0.5, 0.6) is 0 Å². The lowest BCUT2D eigenvalue weighted by Crippen LogP contribution is -2.42. The highest BCUT2D eigenvalue weighted by Gasteiger charge is 2.25. The Labute approximate surface area is 224 Å². The van der Waals surface area contributed by atoms with Crippen molar-refractivity contribution in [3.63, 3.8) is 0 Å². The van der Waals surface area contributed by atoms with Gasteiger partial charge in [-0.05, 0) is 56.1 Å². The second kappa shape index (κ2) is 24.9. The Balaban J connectivity index is 0. The van der Waals surface area contributed by atoms with Crippen molar-refractivity contribution in [2.45, 2.75) is 99.0 Å². The fraction of sp³-hybridized carbons (Fsp3) is 0.742. The summed E-state index contributed by atoms with van der Waals surface area (Å²) in [6.45, 7) is 15.3. The van der Waals surface area contributed by atoms with E-state index in [0.717, 1.165) is 70.2 Å². The molecule has 5 nitrogen and oxygen atoms in total. The summed E-state index contributed by atoms with van der Waals surface area (Å²) in [5.41, 5.74) is 7.41.